The number of anilines is 1. The third-order valence-corrected chi connectivity index (χ3v) is 5.42. The van der Waals surface area contributed by atoms with Crippen LogP contribution < -0.4 is 15.1 Å². The van der Waals surface area contributed by atoms with Gasteiger partial charge in [-0.15, -0.1) is 0 Å². The van der Waals surface area contributed by atoms with Gasteiger partial charge in [-0.25, -0.2) is 0 Å². The Morgan fingerprint density at radius 3 is 2.30 bits per heavy atom. The Hall–Kier alpha value is -1.92. The van der Waals surface area contributed by atoms with E-state index in [1.165, 1.54) is 15.4 Å². The number of hydrogen-bond acceptors (Lipinski definition) is 2. The lowest BCUT2D eigenvalue weighted by Gasteiger charge is -2.30. The number of para-hydroxylation sites is 1. The molecular formula is C21H36N4O2+2. The van der Waals surface area contributed by atoms with Gasteiger partial charge in [-0.05, 0) is 24.5 Å². The minimum absolute atomic E-state index is 0.0738. The highest BCUT2D eigenvalue weighted by molar-refractivity contribution is 5.92. The van der Waals surface area contributed by atoms with Gasteiger partial charge in [0.2, 0.25) is 0 Å². The smallest absolute Gasteiger partial charge is 0.279 e. The molecule has 0 bridgehead atoms. The van der Waals surface area contributed by atoms with Gasteiger partial charge in [0.1, 0.15) is 26.2 Å². The quantitative estimate of drug-likeness (QED) is 0.530. The highest BCUT2D eigenvalue weighted by Gasteiger charge is 2.27. The first kappa shape index (κ1) is 21.4. The molecule has 1 aromatic carbocycles. The first-order valence-corrected chi connectivity index (χ1v) is 10.3. The van der Waals surface area contributed by atoms with Crippen molar-refractivity contribution in [2.45, 2.75) is 33.1 Å². The summed E-state index contributed by atoms with van der Waals surface area (Å²) in [6.45, 7) is 9.91. The van der Waals surface area contributed by atoms with Crippen molar-refractivity contribution in [1.82, 2.24) is 4.90 Å². The summed E-state index contributed by atoms with van der Waals surface area (Å²) >= 11 is 0. The molecule has 1 saturated heterocycles. The van der Waals surface area contributed by atoms with Gasteiger partial charge in [-0.2, -0.15) is 0 Å². The highest BCUT2D eigenvalue weighted by atomic mass is 16.2. The van der Waals surface area contributed by atoms with Crippen molar-refractivity contribution in [2.75, 3.05) is 58.2 Å². The summed E-state index contributed by atoms with van der Waals surface area (Å²) in [4.78, 5) is 29.2. The Balaban J connectivity index is 1.72. The van der Waals surface area contributed by atoms with Crippen molar-refractivity contribution in [3.8, 4) is 0 Å². The Morgan fingerprint density at radius 2 is 1.67 bits per heavy atom. The molecule has 0 aromatic heterocycles. The van der Waals surface area contributed by atoms with Gasteiger partial charge in [-0.1, -0.05) is 38.5 Å². The van der Waals surface area contributed by atoms with Crippen molar-refractivity contribution in [3.63, 3.8) is 0 Å². The minimum Gasteiger partial charge on any atom is -0.341 e. The lowest BCUT2D eigenvalue weighted by Crippen LogP contribution is -3.28. The molecule has 2 amide bonds. The van der Waals surface area contributed by atoms with Gasteiger partial charge in [0.15, 0.2) is 13.1 Å². The number of carbonyl (C=O) groups excluding carboxylic acids is 2. The van der Waals surface area contributed by atoms with Crippen LogP contribution in [0, 0.1) is 0 Å². The molecule has 1 aromatic rings. The van der Waals surface area contributed by atoms with Gasteiger partial charge >= 0.3 is 0 Å². The maximum Gasteiger partial charge on any atom is 0.279 e. The average Bonchev–Trinajstić information content (AvgIpc) is 2.67. The second-order valence-electron chi connectivity index (χ2n) is 7.58. The van der Waals surface area contributed by atoms with Crippen molar-refractivity contribution >= 4 is 17.5 Å². The van der Waals surface area contributed by atoms with E-state index in [1.807, 2.05) is 30.1 Å². The molecule has 0 unspecified atom stereocenters. The number of nitrogens with zero attached hydrogens (tertiary/aromatic N) is 1. The molecule has 3 N–H and O–H groups in total. The molecule has 1 aliphatic rings. The number of carbonyl (C=O) groups is 2. The molecule has 1 fully saturated rings. The number of likely N-dealkylation sites (N-methyl/N-ethyl adjacent to an activating group) is 1. The van der Waals surface area contributed by atoms with E-state index < -0.39 is 0 Å². The molecule has 150 valence electrons. The highest BCUT2D eigenvalue weighted by Crippen LogP contribution is 2.14. The summed E-state index contributed by atoms with van der Waals surface area (Å²) in [5.41, 5.74) is 2.09. The number of quaternary nitrogens is 2. The molecule has 6 nitrogen and oxygen atoms in total. The number of hydrogen-bond donors (Lipinski definition) is 3. The third-order valence-electron chi connectivity index (χ3n) is 5.42. The second kappa shape index (κ2) is 11.0. The van der Waals surface area contributed by atoms with E-state index in [2.05, 4.69) is 25.2 Å². The predicted molar refractivity (Wildman–Crippen MR) is 108 cm³/mol. The molecule has 1 aliphatic heterocycles. The summed E-state index contributed by atoms with van der Waals surface area (Å²) in [5.74, 6) is 0.306. The number of nitrogens with one attached hydrogen (secondary N) is 3. The molecular weight excluding hydrogens is 340 g/mol. The van der Waals surface area contributed by atoms with Gasteiger partial charge in [0.05, 0.1) is 0 Å². The second-order valence-corrected chi connectivity index (χ2v) is 7.58. The molecule has 2 rings (SSSR count). The van der Waals surface area contributed by atoms with Crippen LogP contribution in [0.3, 0.4) is 0 Å². The maximum atomic E-state index is 12.4. The largest absolute Gasteiger partial charge is 0.341 e. The number of rotatable bonds is 9. The topological polar surface area (TPSA) is 58.3 Å². The zero-order valence-electron chi connectivity index (χ0n) is 17.1. The SMILES string of the molecule is CCCCN(C)C(=O)C[NH+]1CC[NH+](CC(=O)Nc2ccccc2CC)CC1. The number of piperazine rings is 1. The Labute approximate surface area is 163 Å². The molecule has 1 heterocycles. The number of benzene rings is 1. The van der Waals surface area contributed by atoms with Crippen LogP contribution in [0.1, 0.15) is 32.3 Å². The van der Waals surface area contributed by atoms with Gasteiger partial charge in [-0.3, -0.25) is 9.59 Å². The van der Waals surface area contributed by atoms with Crippen molar-refractivity contribution in [1.29, 1.82) is 0 Å². The maximum absolute atomic E-state index is 12.4. The lowest BCUT2D eigenvalue weighted by atomic mass is 10.1. The van der Waals surface area contributed by atoms with E-state index >= 15 is 0 Å². The fourth-order valence-corrected chi connectivity index (χ4v) is 3.55. The van der Waals surface area contributed by atoms with Crippen LogP contribution in [0.15, 0.2) is 24.3 Å². The van der Waals surface area contributed by atoms with Gasteiger partial charge < -0.3 is 20.0 Å². The molecule has 0 saturated carbocycles. The van der Waals surface area contributed by atoms with Crippen LogP contribution in [-0.4, -0.2) is 69.6 Å². The zero-order valence-corrected chi connectivity index (χ0v) is 17.1. The standard InChI is InChI=1S/C21H34N4O2/c1-4-6-11-23(3)21(27)17-25-14-12-24(13-15-25)16-20(26)22-19-10-8-7-9-18(19)5-2/h7-10H,4-6,11-17H2,1-3H3,(H,22,26)/p+2. The molecule has 6 heteroatoms. The Kier molecular flexibility index (Phi) is 8.75. The summed E-state index contributed by atoms with van der Waals surface area (Å²) in [7, 11) is 1.90. The fourth-order valence-electron chi connectivity index (χ4n) is 3.55. The first-order valence-electron chi connectivity index (χ1n) is 10.3. The van der Waals surface area contributed by atoms with Crippen LogP contribution in [0.5, 0.6) is 0 Å². The van der Waals surface area contributed by atoms with Crippen molar-refractivity contribution in [2.24, 2.45) is 0 Å². The summed E-state index contributed by atoms with van der Waals surface area (Å²) < 4.78 is 0. The van der Waals surface area contributed by atoms with Crippen LogP contribution >= 0.6 is 0 Å². The van der Waals surface area contributed by atoms with Crippen LogP contribution in [0.2, 0.25) is 0 Å². The van der Waals surface area contributed by atoms with Crippen LogP contribution in [-0.2, 0) is 16.0 Å². The zero-order chi connectivity index (χ0) is 19.6. The van der Waals surface area contributed by atoms with E-state index in [0.29, 0.717) is 13.1 Å². The predicted octanol–water partition coefficient (Wildman–Crippen LogP) is -0.771. The minimum atomic E-state index is 0.0738. The van der Waals surface area contributed by atoms with E-state index in [0.717, 1.165) is 57.7 Å². The van der Waals surface area contributed by atoms with Crippen molar-refractivity contribution < 1.29 is 19.4 Å². The monoisotopic (exact) mass is 376 g/mol. The summed E-state index contributed by atoms with van der Waals surface area (Å²) in [5, 5.41) is 3.06. The van der Waals surface area contributed by atoms with E-state index in [4.69, 9.17) is 0 Å². The number of amides is 2. The number of aryl methyl sites for hydroxylation is 1. The normalized spacial score (nSPS) is 19.5. The third kappa shape index (κ3) is 6.96. The summed E-state index contributed by atoms with van der Waals surface area (Å²) in [6.07, 6.45) is 3.08. The molecule has 0 spiro atoms. The molecule has 27 heavy (non-hydrogen) atoms. The Morgan fingerprint density at radius 1 is 1.04 bits per heavy atom. The van der Waals surface area contributed by atoms with E-state index in [9.17, 15) is 9.59 Å². The van der Waals surface area contributed by atoms with E-state index in [1.54, 1.807) is 0 Å². The molecule has 0 radical (unpaired) electrons. The fraction of sp³-hybridized carbons (Fsp3) is 0.619. The Bertz CT molecular complexity index is 612. The summed E-state index contributed by atoms with van der Waals surface area (Å²) in [6, 6.07) is 7.98. The number of unbranched alkanes of at least 4 members (excludes halogenated alkanes) is 1. The molecule has 0 atom stereocenters. The van der Waals surface area contributed by atoms with Crippen LogP contribution in [0.4, 0.5) is 5.69 Å². The van der Waals surface area contributed by atoms with Gasteiger partial charge in [0, 0.05) is 19.3 Å². The van der Waals surface area contributed by atoms with E-state index in [-0.39, 0.29) is 11.8 Å². The van der Waals surface area contributed by atoms with Gasteiger partial charge in [0.25, 0.3) is 11.8 Å². The average molecular weight is 377 g/mol. The lowest BCUT2D eigenvalue weighted by molar-refractivity contribution is -1.00. The van der Waals surface area contributed by atoms with Crippen LogP contribution in [0.25, 0.3) is 0 Å². The molecule has 0 aliphatic carbocycles. The first-order chi connectivity index (χ1) is 13.0. The van der Waals surface area contributed by atoms with Crippen molar-refractivity contribution in [3.05, 3.63) is 29.8 Å².